The number of amides is 1. The molecule has 0 aromatic heterocycles. The molecule has 0 fully saturated rings. The van der Waals surface area contributed by atoms with E-state index < -0.39 is 28.3 Å². The van der Waals surface area contributed by atoms with Crippen molar-refractivity contribution in [3.05, 3.63) is 84.2 Å². The molecule has 0 bridgehead atoms. The molecule has 30 heavy (non-hydrogen) atoms. The largest absolute Gasteiger partial charge is 0.495 e. The predicted octanol–water partition coefficient (Wildman–Crippen LogP) is 3.98. The fourth-order valence-corrected chi connectivity index (χ4v) is 4.54. The van der Waals surface area contributed by atoms with Gasteiger partial charge in [0.15, 0.2) is 0 Å². The van der Waals surface area contributed by atoms with Crippen LogP contribution in [0.1, 0.15) is 5.56 Å². The lowest BCUT2D eigenvalue weighted by atomic mass is 10.2. The van der Waals surface area contributed by atoms with E-state index in [0.29, 0.717) is 11.3 Å². The maximum Gasteiger partial charge on any atom is 0.268 e. The minimum absolute atomic E-state index is 0.0816. The molecule has 0 aliphatic rings. The highest BCUT2D eigenvalue weighted by molar-refractivity contribution is 7.93. The lowest BCUT2D eigenvalue weighted by Gasteiger charge is -2.25. The van der Waals surface area contributed by atoms with Gasteiger partial charge in [0.25, 0.3) is 10.0 Å². The van der Waals surface area contributed by atoms with Crippen molar-refractivity contribution in [1.82, 2.24) is 0 Å². The average Bonchev–Trinajstić information content (AvgIpc) is 2.73. The summed E-state index contributed by atoms with van der Waals surface area (Å²) in [5.41, 5.74) is 1.40. The van der Waals surface area contributed by atoms with Crippen molar-refractivity contribution in [3.8, 4) is 5.75 Å². The number of nitrogens with one attached hydrogen (secondary N) is 1. The third kappa shape index (κ3) is 4.77. The van der Waals surface area contributed by atoms with E-state index in [1.807, 2.05) is 0 Å². The van der Waals surface area contributed by atoms with Crippen molar-refractivity contribution >= 4 is 27.3 Å². The van der Waals surface area contributed by atoms with Crippen LogP contribution in [0, 0.1) is 12.7 Å². The number of anilines is 2. The molecule has 156 valence electrons. The molecule has 1 N–H and O–H groups in total. The van der Waals surface area contributed by atoms with Crippen LogP contribution < -0.4 is 14.4 Å². The molecule has 0 saturated carbocycles. The Morgan fingerprint density at radius 1 is 1.03 bits per heavy atom. The minimum atomic E-state index is -4.19. The van der Waals surface area contributed by atoms with Gasteiger partial charge < -0.3 is 10.1 Å². The second-order valence-corrected chi connectivity index (χ2v) is 8.39. The van der Waals surface area contributed by atoms with Crippen molar-refractivity contribution < 1.29 is 22.3 Å². The molecule has 0 aliphatic carbocycles. The Morgan fingerprint density at radius 3 is 2.33 bits per heavy atom. The topological polar surface area (TPSA) is 75.7 Å². The Hall–Kier alpha value is -3.39. The smallest absolute Gasteiger partial charge is 0.268 e. The average molecular weight is 428 g/mol. The quantitative estimate of drug-likeness (QED) is 0.618. The van der Waals surface area contributed by atoms with Crippen molar-refractivity contribution in [1.29, 1.82) is 0 Å². The monoisotopic (exact) mass is 428 g/mol. The van der Waals surface area contributed by atoms with Crippen LogP contribution in [0.25, 0.3) is 0 Å². The Kier molecular flexibility index (Phi) is 6.37. The molecule has 3 aromatic rings. The number of carbonyl (C=O) groups excluding carboxylic acids is 1. The zero-order valence-corrected chi connectivity index (χ0v) is 17.3. The summed E-state index contributed by atoms with van der Waals surface area (Å²) in [7, 11) is -2.83. The number of nitrogens with zero attached hydrogens (tertiary/aromatic N) is 1. The number of para-hydroxylation sites is 1. The number of carbonyl (C=O) groups is 1. The van der Waals surface area contributed by atoms with E-state index in [2.05, 4.69) is 5.32 Å². The number of aryl methyl sites for hydroxylation is 1. The number of hydrogen-bond donors (Lipinski definition) is 1. The summed E-state index contributed by atoms with van der Waals surface area (Å²) in [5, 5.41) is 2.67. The van der Waals surface area contributed by atoms with Crippen molar-refractivity contribution in [2.45, 2.75) is 11.8 Å². The summed E-state index contributed by atoms with van der Waals surface area (Å²) in [6.07, 6.45) is 0. The van der Waals surface area contributed by atoms with Gasteiger partial charge >= 0.3 is 0 Å². The standard InChI is InChI=1S/C22H21FN2O4S/c1-16-8-13-20(29-2)21(14-16)30(27,28)25(19-11-9-17(23)10-12-19)15-22(26)24-18-6-4-3-5-7-18/h3-14H,15H2,1-2H3,(H,24,26). The number of halogens is 1. The van der Waals surface area contributed by atoms with Crippen LogP contribution in [0.3, 0.4) is 0 Å². The third-order valence-electron chi connectivity index (χ3n) is 4.35. The van der Waals surface area contributed by atoms with Crippen LogP contribution >= 0.6 is 0 Å². The van der Waals surface area contributed by atoms with E-state index >= 15 is 0 Å². The predicted molar refractivity (Wildman–Crippen MR) is 114 cm³/mol. The van der Waals surface area contributed by atoms with Crippen LogP contribution in [0.2, 0.25) is 0 Å². The van der Waals surface area contributed by atoms with Gasteiger partial charge in [-0.1, -0.05) is 24.3 Å². The maximum atomic E-state index is 13.5. The molecule has 0 radical (unpaired) electrons. The normalized spacial score (nSPS) is 11.0. The first-order valence-electron chi connectivity index (χ1n) is 9.09. The van der Waals surface area contributed by atoms with Crippen LogP contribution in [-0.2, 0) is 14.8 Å². The lowest BCUT2D eigenvalue weighted by Crippen LogP contribution is -2.38. The molecule has 0 aliphatic heterocycles. The van der Waals surface area contributed by atoms with Gasteiger partial charge in [0, 0.05) is 5.69 Å². The second-order valence-electron chi connectivity index (χ2n) is 6.56. The van der Waals surface area contributed by atoms with E-state index in [0.717, 1.165) is 16.4 Å². The van der Waals surface area contributed by atoms with Crippen LogP contribution in [0.15, 0.2) is 77.7 Å². The first-order chi connectivity index (χ1) is 14.3. The van der Waals surface area contributed by atoms with E-state index in [9.17, 15) is 17.6 Å². The lowest BCUT2D eigenvalue weighted by molar-refractivity contribution is -0.114. The van der Waals surface area contributed by atoms with E-state index in [-0.39, 0.29) is 16.3 Å². The number of hydrogen-bond acceptors (Lipinski definition) is 4. The zero-order valence-electron chi connectivity index (χ0n) is 16.5. The Morgan fingerprint density at radius 2 is 1.70 bits per heavy atom. The van der Waals surface area contributed by atoms with Crippen molar-refractivity contribution in [3.63, 3.8) is 0 Å². The molecule has 0 atom stereocenters. The third-order valence-corrected chi connectivity index (χ3v) is 6.14. The van der Waals surface area contributed by atoms with Gasteiger partial charge in [-0.15, -0.1) is 0 Å². The first kappa shape index (κ1) is 21.3. The SMILES string of the molecule is COc1ccc(C)cc1S(=O)(=O)N(CC(=O)Nc1ccccc1)c1ccc(F)cc1. The summed E-state index contributed by atoms with van der Waals surface area (Å²) in [4.78, 5) is 12.6. The van der Waals surface area contributed by atoms with Gasteiger partial charge in [-0.05, 0) is 61.0 Å². The molecule has 8 heteroatoms. The zero-order chi connectivity index (χ0) is 21.7. The molecular formula is C22H21FN2O4S. The van der Waals surface area contributed by atoms with Gasteiger partial charge in [0.05, 0.1) is 12.8 Å². The Balaban J connectivity index is 2.02. The highest BCUT2D eigenvalue weighted by Gasteiger charge is 2.30. The van der Waals surface area contributed by atoms with Crippen molar-refractivity contribution in [2.24, 2.45) is 0 Å². The minimum Gasteiger partial charge on any atom is -0.495 e. The summed E-state index contributed by atoms with van der Waals surface area (Å²) in [6.45, 7) is 1.25. The Bertz CT molecular complexity index is 1130. The number of methoxy groups -OCH3 is 1. The van der Waals surface area contributed by atoms with E-state index in [1.165, 1.54) is 25.3 Å². The molecular weight excluding hydrogens is 407 g/mol. The van der Waals surface area contributed by atoms with Crippen LogP contribution in [0.5, 0.6) is 5.75 Å². The van der Waals surface area contributed by atoms with Gasteiger partial charge in [0.2, 0.25) is 5.91 Å². The number of benzene rings is 3. The van der Waals surface area contributed by atoms with Gasteiger partial charge in [0.1, 0.15) is 23.0 Å². The highest BCUT2D eigenvalue weighted by Crippen LogP contribution is 2.31. The van der Waals surface area contributed by atoms with Gasteiger partial charge in [-0.25, -0.2) is 12.8 Å². The number of rotatable bonds is 7. The van der Waals surface area contributed by atoms with Crippen LogP contribution in [0.4, 0.5) is 15.8 Å². The molecule has 1 amide bonds. The van der Waals surface area contributed by atoms with Gasteiger partial charge in [-0.3, -0.25) is 9.10 Å². The highest BCUT2D eigenvalue weighted by atomic mass is 32.2. The number of ether oxygens (including phenoxy) is 1. The van der Waals surface area contributed by atoms with E-state index in [1.54, 1.807) is 49.4 Å². The molecule has 0 saturated heterocycles. The fourth-order valence-electron chi connectivity index (χ4n) is 2.88. The summed E-state index contributed by atoms with van der Waals surface area (Å²) >= 11 is 0. The van der Waals surface area contributed by atoms with E-state index in [4.69, 9.17) is 4.74 Å². The number of sulfonamides is 1. The first-order valence-corrected chi connectivity index (χ1v) is 10.5. The fraction of sp³-hybridized carbons (Fsp3) is 0.136. The summed E-state index contributed by atoms with van der Waals surface area (Å²) < 4.78 is 46.6. The second kappa shape index (κ2) is 8.96. The molecule has 3 aromatic carbocycles. The van der Waals surface area contributed by atoms with Crippen LogP contribution in [-0.4, -0.2) is 28.0 Å². The summed E-state index contributed by atoms with van der Waals surface area (Å²) in [6, 6.07) is 18.3. The molecule has 0 unspecified atom stereocenters. The molecule has 3 rings (SSSR count). The summed E-state index contributed by atoms with van der Waals surface area (Å²) in [5.74, 6) is -0.908. The maximum absolute atomic E-state index is 13.5. The molecule has 0 spiro atoms. The molecule has 0 heterocycles. The van der Waals surface area contributed by atoms with Gasteiger partial charge in [-0.2, -0.15) is 0 Å². The molecule has 6 nitrogen and oxygen atoms in total. The van der Waals surface area contributed by atoms with Crippen molar-refractivity contribution in [2.75, 3.05) is 23.3 Å². The Labute approximate surface area is 175 Å².